The number of nitrogens with one attached hydrogen (secondary N) is 6. The van der Waals surface area contributed by atoms with E-state index < -0.39 is 72.1 Å². The molecule has 9 amide bonds. The van der Waals surface area contributed by atoms with E-state index in [0.717, 1.165) is 5.56 Å². The summed E-state index contributed by atoms with van der Waals surface area (Å²) in [6, 6.07) is 15.9. The van der Waals surface area contributed by atoms with Crippen LogP contribution in [0.3, 0.4) is 0 Å². The van der Waals surface area contributed by atoms with Crippen molar-refractivity contribution in [2.75, 3.05) is 60.8 Å². The number of hydrogen-bond donors (Lipinski definition) is 7. The number of likely N-dealkylation sites (N-methyl/N-ethyl adjacent to an activating group) is 2. The van der Waals surface area contributed by atoms with Crippen LogP contribution in [0, 0.1) is 41.4 Å². The van der Waals surface area contributed by atoms with Gasteiger partial charge in [0.1, 0.15) is 18.4 Å². The Labute approximate surface area is 557 Å². The number of anilines is 1. The van der Waals surface area contributed by atoms with Crippen molar-refractivity contribution in [1.82, 2.24) is 41.3 Å². The van der Waals surface area contributed by atoms with Crippen LogP contribution in [0.15, 0.2) is 79.1 Å². The number of carbonyl (C=O) groups excluding carboxylic acids is 10. The van der Waals surface area contributed by atoms with Crippen molar-refractivity contribution in [2.24, 2.45) is 47.2 Å². The van der Waals surface area contributed by atoms with Gasteiger partial charge in [-0.2, -0.15) is 0 Å². The number of methoxy groups -OCH3 is 2. The first kappa shape index (κ1) is 78.8. The van der Waals surface area contributed by atoms with E-state index in [1.807, 2.05) is 109 Å². The van der Waals surface area contributed by atoms with Gasteiger partial charge in [0.15, 0.2) is 18.2 Å². The number of ketones is 2. The summed E-state index contributed by atoms with van der Waals surface area (Å²) < 4.78 is 14.1. The Bertz CT molecular complexity index is 2940. The van der Waals surface area contributed by atoms with Gasteiger partial charge in [0.2, 0.25) is 35.4 Å². The predicted octanol–water partition coefficient (Wildman–Crippen LogP) is 6.00. The molecule has 0 radical (unpaired) electrons. The third-order valence-electron chi connectivity index (χ3n) is 18.2. The lowest BCUT2D eigenvalue weighted by Crippen LogP contribution is -2.59. The molecular weight excluding hydrogens is 1200 g/mol. The second-order valence-corrected chi connectivity index (χ2v) is 26.5. The van der Waals surface area contributed by atoms with Gasteiger partial charge in [-0.05, 0) is 93.1 Å². The molecule has 23 heteroatoms. The number of likely N-dealkylation sites (tertiary alicyclic amines) is 1. The molecule has 0 saturated carbocycles. The molecule has 8 N–H and O–H groups in total. The Morgan fingerprint density at radius 1 is 0.702 bits per heavy atom. The first-order valence-electron chi connectivity index (χ1n) is 33.5. The van der Waals surface area contributed by atoms with Crippen molar-refractivity contribution in [1.29, 1.82) is 0 Å². The Morgan fingerprint density at radius 3 is 1.90 bits per heavy atom. The van der Waals surface area contributed by atoms with Gasteiger partial charge in [0, 0.05) is 109 Å². The smallest absolute Gasteiger partial charge is 0.312 e. The van der Waals surface area contributed by atoms with Crippen LogP contribution in [0.5, 0.6) is 0 Å². The van der Waals surface area contributed by atoms with Gasteiger partial charge in [0.05, 0.1) is 48.4 Å². The first-order chi connectivity index (χ1) is 44.6. The highest BCUT2D eigenvalue weighted by molar-refractivity contribution is 5.98. The molecule has 11 atom stereocenters. The predicted molar refractivity (Wildman–Crippen MR) is 361 cm³/mol. The number of benzene rings is 2. The molecular formula is C71H110N11O12+. The molecule has 2 heterocycles. The van der Waals surface area contributed by atoms with E-state index >= 15 is 0 Å². The van der Waals surface area contributed by atoms with Gasteiger partial charge >= 0.3 is 6.03 Å². The zero-order chi connectivity index (χ0) is 69.9. The van der Waals surface area contributed by atoms with E-state index in [-0.39, 0.29) is 122 Å². The molecule has 4 rings (SSSR count). The first-order valence-corrected chi connectivity index (χ1v) is 33.5. The number of aryl methyl sites for hydroxylation is 1. The summed E-state index contributed by atoms with van der Waals surface area (Å²) in [6.07, 6.45) is 5.20. The molecule has 1 aliphatic heterocycles. The molecule has 23 nitrogen and oxygen atoms in total. The number of pyridine rings is 1. The summed E-state index contributed by atoms with van der Waals surface area (Å²) in [4.78, 5) is 141. The second-order valence-electron chi connectivity index (χ2n) is 26.5. The number of urea groups is 1. The number of hydrogen-bond acceptors (Lipinski definition) is 13. The molecule has 2 aromatic carbocycles. The zero-order valence-corrected chi connectivity index (χ0v) is 58.5. The van der Waals surface area contributed by atoms with E-state index in [9.17, 15) is 47.9 Å². The number of carbonyl (C=O) groups is 10. The molecule has 0 unspecified atom stereocenters. The van der Waals surface area contributed by atoms with Crippen molar-refractivity contribution >= 4 is 64.6 Å². The lowest BCUT2D eigenvalue weighted by Gasteiger charge is -2.41. The second kappa shape index (κ2) is 39.3. The molecule has 3 aromatic rings. The van der Waals surface area contributed by atoms with Crippen molar-refractivity contribution in [3.63, 3.8) is 0 Å². The highest BCUT2D eigenvalue weighted by atomic mass is 16.5. The summed E-state index contributed by atoms with van der Waals surface area (Å²) in [5.41, 5.74) is 7.82. The summed E-state index contributed by atoms with van der Waals surface area (Å²) in [7, 11) is 10.0. The lowest BCUT2D eigenvalue weighted by molar-refractivity contribution is -0.697. The van der Waals surface area contributed by atoms with Crippen LogP contribution < -0.4 is 42.2 Å². The number of primary amides is 1. The monoisotopic (exact) mass is 1310 g/mol. The maximum Gasteiger partial charge on any atom is 0.312 e. The Kier molecular flexibility index (Phi) is 32.9. The summed E-state index contributed by atoms with van der Waals surface area (Å²) >= 11 is 0. The molecule has 520 valence electrons. The minimum atomic E-state index is -0.861. The number of ether oxygens (including phenoxy) is 2. The number of aromatic nitrogens is 1. The summed E-state index contributed by atoms with van der Waals surface area (Å²) in [6.45, 7) is 18.4. The summed E-state index contributed by atoms with van der Waals surface area (Å²) in [5.74, 6) is -5.42. The van der Waals surface area contributed by atoms with Crippen LogP contribution in [0.25, 0.3) is 0 Å². The fourth-order valence-electron chi connectivity index (χ4n) is 12.8. The van der Waals surface area contributed by atoms with Crippen LogP contribution in [0.1, 0.15) is 148 Å². The fourth-order valence-corrected chi connectivity index (χ4v) is 12.8. The Hall–Kier alpha value is -7.63. The third kappa shape index (κ3) is 24.0. The van der Waals surface area contributed by atoms with Gasteiger partial charge in [0.25, 0.3) is 5.91 Å². The maximum absolute atomic E-state index is 14.6. The van der Waals surface area contributed by atoms with E-state index in [1.54, 1.807) is 86.7 Å². The quantitative estimate of drug-likeness (QED) is 0.0254. The molecule has 1 aliphatic rings. The number of rotatable bonds is 40. The van der Waals surface area contributed by atoms with Gasteiger partial charge < -0.3 is 56.9 Å². The molecule has 0 bridgehead atoms. The summed E-state index contributed by atoms with van der Waals surface area (Å²) in [5, 5.41) is 17.0. The van der Waals surface area contributed by atoms with Gasteiger partial charge in [-0.3, -0.25) is 48.1 Å². The fraction of sp³-hybridized carbons (Fsp3) is 0.620. The average Bonchev–Trinajstić information content (AvgIpc) is 1.42. The van der Waals surface area contributed by atoms with Crippen molar-refractivity contribution in [3.05, 3.63) is 95.8 Å². The lowest BCUT2D eigenvalue weighted by atomic mass is 9.85. The molecule has 94 heavy (non-hydrogen) atoms. The minimum absolute atomic E-state index is 0.00113. The topological polar surface area (TPSA) is 301 Å². The van der Waals surface area contributed by atoms with E-state index in [1.165, 1.54) is 7.11 Å². The van der Waals surface area contributed by atoms with Gasteiger partial charge in [-0.15, -0.1) is 0 Å². The number of Topliss-reactive ketones (excluding diaryl/α,β-unsaturated/α-hetero) is 2. The molecule has 0 spiro atoms. The van der Waals surface area contributed by atoms with Crippen LogP contribution in [-0.4, -0.2) is 172 Å². The average molecular weight is 1310 g/mol. The van der Waals surface area contributed by atoms with Crippen molar-refractivity contribution < 1.29 is 62.0 Å². The highest BCUT2D eigenvalue weighted by Crippen LogP contribution is 2.31. The zero-order valence-electron chi connectivity index (χ0n) is 58.5. The minimum Gasteiger partial charge on any atom is -0.379 e. The molecule has 1 aromatic heterocycles. The Balaban J connectivity index is 1.43. The third-order valence-corrected chi connectivity index (χ3v) is 18.2. The SMILES string of the molecule is CC[C@H](C)[C@@H]([C@@H](CC(=O)N1CCC[C@H]1[C@H](OC)[C@@H](C)C(=O)C[C@@H](Cc1ccccc1)C(=O)NCc1ccc(NC(=O)[C@H](CCCNC(N)=O)CC(=O)[C@@H](NC(=O)CCC[n+]2ccc(C(=O)NC)cc2)C(C)C)cc1)OC)N(C)C(=O)[C@@H](NC(=O)[C@H](C(C)C)N(C)C)C(C)C. The highest BCUT2D eigenvalue weighted by Gasteiger charge is 2.44. The number of amides is 9. The van der Waals surface area contributed by atoms with Crippen molar-refractivity contribution in [3.8, 4) is 0 Å². The van der Waals surface area contributed by atoms with E-state index in [0.29, 0.717) is 62.0 Å². The molecule has 0 aliphatic carbocycles. The van der Waals surface area contributed by atoms with E-state index in [4.69, 9.17) is 15.2 Å². The normalized spacial score (nSPS) is 16.4. The van der Waals surface area contributed by atoms with Crippen molar-refractivity contribution in [2.45, 2.75) is 188 Å². The molecule has 1 fully saturated rings. The standard InChI is InChI=1S/C71H109N11O12/c1-16-47(8)64(80(13)70(91)62(45(4)5)78-69(90)63(46(6)7)79(11)12)58(93-14)42-60(86)82-36-21-26-55(82)65(94-15)48(9)56(83)41-53(39-49-23-18-17-19-24-49)67(88)75-43-50-28-30-54(31-29-50)76-68(89)52(25-20-34-74-71(72)92)40-57(84)61(44(2)3)77-59(85)27-22-35-81-37-32-51(33-38-81)66(87)73-10/h17-19,23-24,28-33,37-38,44-48,52-53,55,58,61-65H,16,20-22,25-27,34-36,39-43H2,1-15H3,(H7-,72,73,74,75,76,77,78,85,87,88,89,90,92)/p+1/t47-,48-,52+,53+,55-,58+,61-,62-,63-,64-,65+/m0/s1. The Morgan fingerprint density at radius 2 is 1.34 bits per heavy atom. The van der Waals surface area contributed by atoms with Gasteiger partial charge in [-0.1, -0.05) is 111 Å². The van der Waals surface area contributed by atoms with E-state index in [2.05, 4.69) is 31.9 Å². The maximum atomic E-state index is 14.6. The van der Waals surface area contributed by atoms with Crippen LogP contribution in [0.4, 0.5) is 10.5 Å². The number of nitrogens with two attached hydrogens (primary N) is 1. The van der Waals surface area contributed by atoms with Crippen LogP contribution in [-0.2, 0) is 67.3 Å². The van der Waals surface area contributed by atoms with Crippen LogP contribution >= 0.6 is 0 Å². The largest absolute Gasteiger partial charge is 0.379 e. The van der Waals surface area contributed by atoms with Gasteiger partial charge in [-0.25, -0.2) is 9.36 Å². The van der Waals surface area contributed by atoms with Crippen LogP contribution in [0.2, 0.25) is 0 Å². The molecule has 1 saturated heterocycles. The number of nitrogens with zero attached hydrogens (tertiary/aromatic N) is 4.